The number of phenolic OH excluding ortho intramolecular Hbond substituents is 1. The van der Waals surface area contributed by atoms with E-state index in [4.69, 9.17) is 0 Å². The SMILES string of the molecule is Oc1ccccc1Cc1cncc2ccccc12. The van der Waals surface area contributed by atoms with E-state index in [0.29, 0.717) is 12.2 Å². The van der Waals surface area contributed by atoms with Gasteiger partial charge in [0.2, 0.25) is 0 Å². The maximum Gasteiger partial charge on any atom is 0.119 e. The lowest BCUT2D eigenvalue weighted by atomic mass is 10.0. The van der Waals surface area contributed by atoms with Crippen LogP contribution in [0.2, 0.25) is 0 Å². The first kappa shape index (κ1) is 10.8. The van der Waals surface area contributed by atoms with Gasteiger partial charge in [0.1, 0.15) is 5.75 Å². The smallest absolute Gasteiger partial charge is 0.119 e. The topological polar surface area (TPSA) is 33.1 Å². The van der Waals surface area contributed by atoms with Crippen molar-refractivity contribution in [3.8, 4) is 5.75 Å². The number of para-hydroxylation sites is 1. The van der Waals surface area contributed by atoms with Crippen LogP contribution in [0.5, 0.6) is 5.75 Å². The summed E-state index contributed by atoms with van der Waals surface area (Å²) in [5.74, 6) is 0.338. The third-order valence-electron chi connectivity index (χ3n) is 3.12. The maximum atomic E-state index is 9.82. The van der Waals surface area contributed by atoms with Crippen molar-refractivity contribution in [3.05, 3.63) is 72.1 Å². The Bertz CT molecular complexity index is 686. The molecule has 1 N–H and O–H groups in total. The first-order valence-electron chi connectivity index (χ1n) is 5.93. The number of rotatable bonds is 2. The Hall–Kier alpha value is -2.35. The lowest BCUT2D eigenvalue weighted by Crippen LogP contribution is -1.91. The van der Waals surface area contributed by atoms with Gasteiger partial charge in [0.15, 0.2) is 0 Å². The van der Waals surface area contributed by atoms with E-state index in [1.54, 1.807) is 6.07 Å². The van der Waals surface area contributed by atoms with Crippen molar-refractivity contribution < 1.29 is 5.11 Å². The van der Waals surface area contributed by atoms with E-state index in [0.717, 1.165) is 16.5 Å². The van der Waals surface area contributed by atoms with Gasteiger partial charge in [0, 0.05) is 24.2 Å². The summed E-state index contributed by atoms with van der Waals surface area (Å²) in [4.78, 5) is 4.26. The summed E-state index contributed by atoms with van der Waals surface area (Å²) >= 11 is 0. The highest BCUT2D eigenvalue weighted by atomic mass is 16.3. The molecule has 0 saturated heterocycles. The van der Waals surface area contributed by atoms with Crippen LogP contribution in [0.4, 0.5) is 0 Å². The molecular weight excluding hydrogens is 222 g/mol. The number of aromatic hydroxyl groups is 1. The highest BCUT2D eigenvalue weighted by Gasteiger charge is 2.05. The van der Waals surface area contributed by atoms with Crippen LogP contribution in [-0.2, 0) is 6.42 Å². The molecule has 0 fully saturated rings. The second kappa shape index (κ2) is 4.49. The van der Waals surface area contributed by atoms with Crippen LogP contribution in [0.15, 0.2) is 60.9 Å². The van der Waals surface area contributed by atoms with Crippen molar-refractivity contribution in [1.29, 1.82) is 0 Å². The van der Waals surface area contributed by atoms with Crippen LogP contribution in [0.25, 0.3) is 10.8 Å². The number of hydrogen-bond donors (Lipinski definition) is 1. The summed E-state index contributed by atoms with van der Waals surface area (Å²) in [5, 5.41) is 12.1. The van der Waals surface area contributed by atoms with E-state index in [1.807, 2.05) is 42.7 Å². The molecule has 0 spiro atoms. The van der Waals surface area contributed by atoms with Gasteiger partial charge >= 0.3 is 0 Å². The Labute approximate surface area is 106 Å². The van der Waals surface area contributed by atoms with Crippen LogP contribution >= 0.6 is 0 Å². The molecule has 18 heavy (non-hydrogen) atoms. The van der Waals surface area contributed by atoms with E-state index in [9.17, 15) is 5.11 Å². The molecule has 88 valence electrons. The van der Waals surface area contributed by atoms with Gasteiger partial charge in [-0.25, -0.2) is 0 Å². The van der Waals surface area contributed by atoms with Crippen LogP contribution < -0.4 is 0 Å². The Morgan fingerprint density at radius 2 is 1.61 bits per heavy atom. The molecule has 0 saturated carbocycles. The van der Waals surface area contributed by atoms with Gasteiger partial charge in [-0.1, -0.05) is 42.5 Å². The average molecular weight is 235 g/mol. The molecule has 1 aromatic heterocycles. The second-order valence-electron chi connectivity index (χ2n) is 4.33. The van der Waals surface area contributed by atoms with Gasteiger partial charge < -0.3 is 5.11 Å². The summed E-state index contributed by atoms with van der Waals surface area (Å²) < 4.78 is 0. The first-order chi connectivity index (χ1) is 8.84. The molecule has 2 heteroatoms. The van der Waals surface area contributed by atoms with E-state index in [-0.39, 0.29) is 0 Å². The summed E-state index contributed by atoms with van der Waals surface area (Å²) in [6.45, 7) is 0. The zero-order valence-electron chi connectivity index (χ0n) is 9.88. The fraction of sp³-hybridized carbons (Fsp3) is 0.0625. The molecule has 0 unspecified atom stereocenters. The molecule has 0 radical (unpaired) electrons. The molecule has 0 amide bonds. The van der Waals surface area contributed by atoms with Gasteiger partial charge in [0.05, 0.1) is 0 Å². The summed E-state index contributed by atoms with van der Waals surface area (Å²) in [6.07, 6.45) is 4.43. The van der Waals surface area contributed by atoms with Crippen LogP contribution in [0, 0.1) is 0 Å². The van der Waals surface area contributed by atoms with Gasteiger partial charge in [-0.2, -0.15) is 0 Å². The van der Waals surface area contributed by atoms with E-state index in [1.165, 1.54) is 5.39 Å². The van der Waals surface area contributed by atoms with Crippen molar-refractivity contribution >= 4 is 10.8 Å². The highest BCUT2D eigenvalue weighted by molar-refractivity contribution is 5.84. The van der Waals surface area contributed by atoms with Gasteiger partial charge in [-0.05, 0) is 22.6 Å². The van der Waals surface area contributed by atoms with Crippen LogP contribution in [0.1, 0.15) is 11.1 Å². The lowest BCUT2D eigenvalue weighted by Gasteiger charge is -2.07. The third kappa shape index (κ3) is 1.93. The van der Waals surface area contributed by atoms with Crippen LogP contribution in [-0.4, -0.2) is 10.1 Å². The Morgan fingerprint density at radius 3 is 2.50 bits per heavy atom. The number of fused-ring (bicyclic) bond motifs is 1. The monoisotopic (exact) mass is 235 g/mol. The number of pyridine rings is 1. The fourth-order valence-electron chi connectivity index (χ4n) is 2.19. The lowest BCUT2D eigenvalue weighted by molar-refractivity contribution is 0.469. The fourth-order valence-corrected chi connectivity index (χ4v) is 2.19. The molecule has 0 atom stereocenters. The second-order valence-corrected chi connectivity index (χ2v) is 4.33. The summed E-state index contributed by atoms with van der Waals surface area (Å²) in [6, 6.07) is 15.6. The van der Waals surface area contributed by atoms with Crippen molar-refractivity contribution in [2.75, 3.05) is 0 Å². The van der Waals surface area contributed by atoms with Crippen molar-refractivity contribution in [2.24, 2.45) is 0 Å². The molecule has 2 aromatic carbocycles. The summed E-state index contributed by atoms with van der Waals surface area (Å²) in [5.41, 5.74) is 2.06. The number of benzene rings is 2. The number of nitrogens with zero attached hydrogens (tertiary/aromatic N) is 1. The van der Waals surface area contributed by atoms with Gasteiger partial charge in [-0.3, -0.25) is 4.98 Å². The molecule has 0 aliphatic heterocycles. The van der Waals surface area contributed by atoms with Gasteiger partial charge in [-0.15, -0.1) is 0 Å². The largest absolute Gasteiger partial charge is 0.508 e. The van der Waals surface area contributed by atoms with Gasteiger partial charge in [0.25, 0.3) is 0 Å². The molecule has 0 aliphatic rings. The molecule has 3 rings (SSSR count). The Balaban J connectivity index is 2.08. The zero-order chi connectivity index (χ0) is 12.4. The normalized spacial score (nSPS) is 10.7. The van der Waals surface area contributed by atoms with E-state index >= 15 is 0 Å². The minimum Gasteiger partial charge on any atom is -0.508 e. The molecule has 2 nitrogen and oxygen atoms in total. The number of phenols is 1. The predicted octanol–water partition coefficient (Wildman–Crippen LogP) is 3.53. The van der Waals surface area contributed by atoms with E-state index < -0.39 is 0 Å². The summed E-state index contributed by atoms with van der Waals surface area (Å²) in [7, 11) is 0. The van der Waals surface area contributed by atoms with E-state index in [2.05, 4.69) is 17.1 Å². The third-order valence-corrected chi connectivity index (χ3v) is 3.12. The van der Waals surface area contributed by atoms with Crippen LogP contribution in [0.3, 0.4) is 0 Å². The van der Waals surface area contributed by atoms with Crippen molar-refractivity contribution in [2.45, 2.75) is 6.42 Å². The molecule has 1 heterocycles. The molecular formula is C16H13NO. The van der Waals surface area contributed by atoms with Crippen molar-refractivity contribution in [1.82, 2.24) is 4.98 Å². The quantitative estimate of drug-likeness (QED) is 0.737. The minimum absolute atomic E-state index is 0.338. The average Bonchev–Trinajstić information content (AvgIpc) is 2.42. The highest BCUT2D eigenvalue weighted by Crippen LogP contribution is 2.24. The maximum absolute atomic E-state index is 9.82. The minimum atomic E-state index is 0.338. The number of hydrogen-bond acceptors (Lipinski definition) is 2. The zero-order valence-corrected chi connectivity index (χ0v) is 9.88. The molecule has 3 aromatic rings. The first-order valence-corrected chi connectivity index (χ1v) is 5.93. The predicted molar refractivity (Wildman–Crippen MR) is 72.7 cm³/mol. The molecule has 0 aliphatic carbocycles. The Morgan fingerprint density at radius 1 is 0.833 bits per heavy atom. The Kier molecular flexibility index (Phi) is 2.69. The number of aromatic nitrogens is 1. The van der Waals surface area contributed by atoms with Crippen molar-refractivity contribution in [3.63, 3.8) is 0 Å². The standard InChI is InChI=1S/C16H13NO/c18-16-8-4-2-5-12(16)9-14-11-17-10-13-6-1-3-7-15(13)14/h1-8,10-11,18H,9H2. The molecule has 0 bridgehead atoms.